The van der Waals surface area contributed by atoms with Crippen LogP contribution in [0, 0.1) is 23.7 Å². The van der Waals surface area contributed by atoms with E-state index in [1.54, 1.807) is 7.11 Å². The molecule has 218 valence electrons. The van der Waals surface area contributed by atoms with Crippen molar-refractivity contribution in [3.63, 3.8) is 0 Å². The van der Waals surface area contributed by atoms with Gasteiger partial charge in [0.2, 0.25) is 0 Å². The number of carboxylic acid groups (broad SMARTS) is 1. The molecule has 2 N–H and O–H groups in total. The molecule has 1 saturated heterocycles. The Balaban J connectivity index is 1.96. The van der Waals surface area contributed by atoms with Crippen LogP contribution >= 0.6 is 0 Å². The number of aromatic nitrogens is 2. The van der Waals surface area contributed by atoms with Crippen LogP contribution in [0.15, 0.2) is 18.2 Å². The lowest BCUT2D eigenvalue weighted by Crippen LogP contribution is -2.56. The summed E-state index contributed by atoms with van der Waals surface area (Å²) in [6.45, 7) is 17.1. The van der Waals surface area contributed by atoms with E-state index in [2.05, 4.69) is 49.2 Å². The number of methoxy groups -OCH3 is 1. The maximum atomic E-state index is 12.8. The zero-order chi connectivity index (χ0) is 29.1. The number of amides is 1. The Kier molecular flexibility index (Phi) is 10.1. The summed E-state index contributed by atoms with van der Waals surface area (Å²) >= 11 is 0. The normalized spacial score (nSPS) is 20.4. The molecule has 0 saturated carbocycles. The monoisotopic (exact) mass is 543 g/mol. The Labute approximate surface area is 233 Å². The molecule has 0 aliphatic carbocycles. The zero-order valence-corrected chi connectivity index (χ0v) is 25.3. The first-order valence-electron chi connectivity index (χ1n) is 14.4. The van der Waals surface area contributed by atoms with Crippen LogP contribution in [-0.4, -0.2) is 63.7 Å². The molecule has 2 aromatic rings. The molecule has 5 atom stereocenters. The number of fused-ring (bicyclic) bond motifs is 1. The van der Waals surface area contributed by atoms with Gasteiger partial charge in [-0.15, -0.1) is 0 Å². The molecule has 3 rings (SSSR count). The minimum Gasteiger partial charge on any atom is -0.465 e. The molecular weight excluding hydrogens is 494 g/mol. The van der Waals surface area contributed by atoms with Crippen LogP contribution in [0.4, 0.5) is 4.79 Å². The average Bonchev–Trinajstić information content (AvgIpc) is 3.43. The van der Waals surface area contributed by atoms with Crippen molar-refractivity contribution in [1.29, 1.82) is 0 Å². The number of nitrogens with one attached hydrogen (secondary N) is 1. The molecule has 8 nitrogen and oxygen atoms in total. The maximum Gasteiger partial charge on any atom is 0.408 e. The maximum absolute atomic E-state index is 12.8. The Morgan fingerprint density at radius 1 is 1.23 bits per heavy atom. The predicted molar refractivity (Wildman–Crippen MR) is 154 cm³/mol. The van der Waals surface area contributed by atoms with E-state index in [9.17, 15) is 14.7 Å². The van der Waals surface area contributed by atoms with Gasteiger partial charge in [0.05, 0.1) is 23.2 Å². The molecule has 1 aromatic carbocycles. The van der Waals surface area contributed by atoms with Crippen LogP contribution in [-0.2, 0) is 20.7 Å². The van der Waals surface area contributed by atoms with E-state index in [1.165, 1.54) is 10.5 Å². The molecule has 1 aliphatic rings. The number of benzene rings is 1. The van der Waals surface area contributed by atoms with E-state index in [4.69, 9.17) is 9.47 Å². The van der Waals surface area contributed by atoms with Gasteiger partial charge in [0, 0.05) is 24.6 Å². The van der Waals surface area contributed by atoms with Gasteiger partial charge in [-0.2, -0.15) is 5.10 Å². The van der Waals surface area contributed by atoms with E-state index in [-0.39, 0.29) is 35.6 Å². The van der Waals surface area contributed by atoms with Crippen molar-refractivity contribution < 1.29 is 24.2 Å². The molecule has 1 fully saturated rings. The van der Waals surface area contributed by atoms with Gasteiger partial charge in [0.15, 0.2) is 0 Å². The van der Waals surface area contributed by atoms with E-state index >= 15 is 0 Å². The van der Waals surface area contributed by atoms with Gasteiger partial charge in [0.1, 0.15) is 6.10 Å². The third-order valence-electron chi connectivity index (χ3n) is 8.52. The summed E-state index contributed by atoms with van der Waals surface area (Å²) in [6.07, 6.45) is 1.46. The van der Waals surface area contributed by atoms with Gasteiger partial charge in [0.25, 0.3) is 0 Å². The SMILES string of the molecule is COCCCc1n[nH]c2ccc(C(C)[C@@H](C[C@@H]([C@@H]3C[C@@H](C(C)C)C(=O)O3)N(C(=O)O)C(C)(C)C)C(C)C)cc12. The molecule has 1 aliphatic heterocycles. The Bertz CT molecular complexity index is 1120. The predicted octanol–water partition coefficient (Wildman–Crippen LogP) is 6.64. The highest BCUT2D eigenvalue weighted by Gasteiger charge is 2.47. The van der Waals surface area contributed by atoms with Crippen LogP contribution in [0.25, 0.3) is 10.9 Å². The minimum absolute atomic E-state index is 0.149. The first-order chi connectivity index (χ1) is 18.3. The molecule has 0 spiro atoms. The first kappa shape index (κ1) is 30.9. The van der Waals surface area contributed by atoms with E-state index < -0.39 is 23.8 Å². The number of cyclic esters (lactones) is 1. The van der Waals surface area contributed by atoms with Crippen molar-refractivity contribution in [2.75, 3.05) is 13.7 Å². The molecular formula is C31H49N3O5. The molecule has 1 unspecified atom stereocenters. The standard InChI is InChI=1S/C31H49N3O5/c1-18(2)22(20(5)21-12-13-26-24(15-21)25(32-33-26)11-10-14-38-9)16-27(34(30(36)37)31(6,7)8)28-17-23(19(3)4)29(35)39-28/h12-13,15,18-20,22-23,27-28H,10-11,14,16-17H2,1-9H3,(H,32,33)(H,36,37)/t20?,22-,23-,27-,28-/m0/s1. The van der Waals surface area contributed by atoms with E-state index in [0.717, 1.165) is 29.4 Å². The van der Waals surface area contributed by atoms with Crippen molar-refractivity contribution in [3.05, 3.63) is 29.5 Å². The van der Waals surface area contributed by atoms with Crippen LogP contribution in [0.5, 0.6) is 0 Å². The Morgan fingerprint density at radius 3 is 2.46 bits per heavy atom. The van der Waals surface area contributed by atoms with Gasteiger partial charge in [-0.05, 0) is 87.8 Å². The summed E-state index contributed by atoms with van der Waals surface area (Å²) in [5.74, 6) is 0.348. The lowest BCUT2D eigenvalue weighted by atomic mass is 9.74. The lowest BCUT2D eigenvalue weighted by molar-refractivity contribution is -0.148. The van der Waals surface area contributed by atoms with Gasteiger partial charge in [-0.1, -0.05) is 40.7 Å². The Hall–Kier alpha value is -2.61. The highest BCUT2D eigenvalue weighted by molar-refractivity contribution is 5.82. The van der Waals surface area contributed by atoms with Gasteiger partial charge in [-0.3, -0.25) is 14.8 Å². The fourth-order valence-corrected chi connectivity index (χ4v) is 6.28. The van der Waals surface area contributed by atoms with Crippen LogP contribution in [0.3, 0.4) is 0 Å². The summed E-state index contributed by atoms with van der Waals surface area (Å²) in [7, 11) is 1.71. The summed E-state index contributed by atoms with van der Waals surface area (Å²) in [5, 5.41) is 19.2. The average molecular weight is 544 g/mol. The second-order valence-electron chi connectivity index (χ2n) is 13.0. The number of carbonyl (C=O) groups excluding carboxylic acids is 1. The number of nitrogens with zero attached hydrogens (tertiary/aromatic N) is 2. The zero-order valence-electron chi connectivity index (χ0n) is 25.3. The highest BCUT2D eigenvalue weighted by Crippen LogP contribution is 2.41. The highest BCUT2D eigenvalue weighted by atomic mass is 16.6. The third-order valence-corrected chi connectivity index (χ3v) is 8.52. The summed E-state index contributed by atoms with van der Waals surface area (Å²) in [6, 6.07) is 6.04. The van der Waals surface area contributed by atoms with E-state index in [1.807, 2.05) is 34.6 Å². The first-order valence-corrected chi connectivity index (χ1v) is 14.4. The number of hydrogen-bond acceptors (Lipinski definition) is 5. The third kappa shape index (κ3) is 7.13. The number of esters is 1. The molecule has 1 amide bonds. The summed E-state index contributed by atoms with van der Waals surface area (Å²) in [4.78, 5) is 27.0. The van der Waals surface area contributed by atoms with Crippen molar-refractivity contribution in [1.82, 2.24) is 15.1 Å². The molecule has 0 radical (unpaired) electrons. The Morgan fingerprint density at radius 2 is 1.92 bits per heavy atom. The van der Waals surface area contributed by atoms with Crippen LogP contribution in [0.2, 0.25) is 0 Å². The molecule has 0 bridgehead atoms. The summed E-state index contributed by atoms with van der Waals surface area (Å²) in [5.41, 5.74) is 2.61. The van der Waals surface area contributed by atoms with Crippen LogP contribution in [0.1, 0.15) is 91.8 Å². The van der Waals surface area contributed by atoms with E-state index in [0.29, 0.717) is 19.4 Å². The molecule has 39 heavy (non-hydrogen) atoms. The minimum atomic E-state index is -0.979. The second-order valence-corrected chi connectivity index (χ2v) is 13.0. The van der Waals surface area contributed by atoms with Crippen LogP contribution < -0.4 is 0 Å². The van der Waals surface area contributed by atoms with Gasteiger partial charge in [-0.25, -0.2) is 4.79 Å². The topological polar surface area (TPSA) is 105 Å². The number of rotatable bonds is 12. The number of carbonyl (C=O) groups is 2. The van der Waals surface area contributed by atoms with Crippen molar-refractivity contribution >= 4 is 23.0 Å². The fourth-order valence-electron chi connectivity index (χ4n) is 6.28. The number of hydrogen-bond donors (Lipinski definition) is 2. The molecule has 8 heteroatoms. The smallest absolute Gasteiger partial charge is 0.408 e. The molecule has 1 aromatic heterocycles. The quantitative estimate of drug-likeness (QED) is 0.230. The van der Waals surface area contributed by atoms with Crippen molar-refractivity contribution in [3.8, 4) is 0 Å². The number of ether oxygens (including phenoxy) is 2. The number of H-pyrrole nitrogens is 1. The number of aromatic amines is 1. The van der Waals surface area contributed by atoms with Gasteiger partial charge >= 0.3 is 12.1 Å². The van der Waals surface area contributed by atoms with Gasteiger partial charge < -0.3 is 14.6 Å². The summed E-state index contributed by atoms with van der Waals surface area (Å²) < 4.78 is 11.2. The van der Waals surface area contributed by atoms with Crippen molar-refractivity contribution in [2.24, 2.45) is 23.7 Å². The fraction of sp³-hybridized carbons (Fsp3) is 0.710. The number of aryl methyl sites for hydroxylation is 1. The van der Waals surface area contributed by atoms with Crippen molar-refractivity contribution in [2.45, 2.75) is 105 Å². The lowest BCUT2D eigenvalue weighted by Gasteiger charge is -2.44. The largest absolute Gasteiger partial charge is 0.465 e. The molecule has 2 heterocycles. The second kappa shape index (κ2) is 12.7.